The van der Waals surface area contributed by atoms with E-state index in [2.05, 4.69) is 4.72 Å². The number of rotatable bonds is 2. The van der Waals surface area contributed by atoms with Crippen LogP contribution in [-0.2, 0) is 10.2 Å². The molecule has 0 saturated carbocycles. The smallest absolute Gasteiger partial charge is 0.529 e. The van der Waals surface area contributed by atoms with E-state index in [0.29, 0.717) is 0 Å². The Bertz CT molecular complexity index is 269. The summed E-state index contributed by atoms with van der Waals surface area (Å²) >= 11 is 0. The number of hydrogen-bond donors (Lipinski definition) is 2. The van der Waals surface area contributed by atoms with Crippen LogP contribution in [0.5, 0.6) is 0 Å². The fourth-order valence-electron chi connectivity index (χ4n) is 0.538. The van der Waals surface area contributed by atoms with Crippen LogP contribution in [0, 0.1) is 0 Å². The molecular formula is C5H11N2NaO4S. The third-order valence-corrected chi connectivity index (χ3v) is 1.97. The van der Waals surface area contributed by atoms with Crippen LogP contribution in [-0.4, -0.2) is 20.0 Å². The molecule has 0 atom stereocenters. The van der Waals surface area contributed by atoms with E-state index in [1.807, 2.05) is 0 Å². The number of amides is 1. The molecule has 8 heteroatoms. The average Bonchev–Trinajstić information content (AvgIpc) is 1.48. The van der Waals surface area contributed by atoms with Gasteiger partial charge in [0.1, 0.15) is 6.09 Å². The van der Waals surface area contributed by atoms with Crippen molar-refractivity contribution in [3.05, 3.63) is 0 Å². The SMILES string of the molecule is CC(C)(C)NS(=O)(=O)NC(=O)[O-].[Na+]. The number of carbonyl (C=O) groups excluding carboxylic acids is 1. The monoisotopic (exact) mass is 218 g/mol. The van der Waals surface area contributed by atoms with Crippen LogP contribution in [0.1, 0.15) is 20.8 Å². The Labute approximate surface area is 99.6 Å². The molecule has 0 bridgehead atoms. The molecule has 0 heterocycles. The van der Waals surface area contributed by atoms with Gasteiger partial charge in [-0.3, -0.25) is 4.72 Å². The number of hydrogen-bond acceptors (Lipinski definition) is 4. The van der Waals surface area contributed by atoms with Gasteiger partial charge in [0, 0.05) is 5.54 Å². The van der Waals surface area contributed by atoms with E-state index in [4.69, 9.17) is 0 Å². The van der Waals surface area contributed by atoms with Gasteiger partial charge < -0.3 is 9.90 Å². The van der Waals surface area contributed by atoms with Crippen molar-refractivity contribution >= 4 is 16.3 Å². The van der Waals surface area contributed by atoms with Crippen LogP contribution in [0.4, 0.5) is 4.79 Å². The molecule has 0 aliphatic carbocycles. The fraction of sp³-hybridized carbons (Fsp3) is 0.800. The Morgan fingerprint density at radius 1 is 1.31 bits per heavy atom. The maximum atomic E-state index is 10.8. The molecule has 72 valence electrons. The van der Waals surface area contributed by atoms with Gasteiger partial charge in [0.15, 0.2) is 0 Å². The Morgan fingerprint density at radius 2 is 1.69 bits per heavy atom. The minimum absolute atomic E-state index is 0. The standard InChI is InChI=1S/C5H12N2O4S.Na/c1-5(2,3)7-12(10,11)6-4(8)9;/h6-7H,1-3H3,(H,8,9);/q;+1/p-1. The van der Waals surface area contributed by atoms with Crippen molar-refractivity contribution in [2.45, 2.75) is 26.3 Å². The second kappa shape index (κ2) is 5.16. The van der Waals surface area contributed by atoms with Crippen molar-refractivity contribution in [2.75, 3.05) is 0 Å². The molecule has 0 aromatic heterocycles. The van der Waals surface area contributed by atoms with Crippen LogP contribution in [0.3, 0.4) is 0 Å². The number of carbonyl (C=O) groups is 1. The van der Waals surface area contributed by atoms with Gasteiger partial charge in [0.25, 0.3) is 0 Å². The fourth-order valence-corrected chi connectivity index (χ4v) is 1.61. The zero-order valence-corrected chi connectivity index (χ0v) is 10.9. The first-order valence-electron chi connectivity index (χ1n) is 3.15. The molecule has 0 spiro atoms. The summed E-state index contributed by atoms with van der Waals surface area (Å²) < 4.78 is 24.9. The Hall–Kier alpha value is 0.180. The summed E-state index contributed by atoms with van der Waals surface area (Å²) in [5, 5.41) is 9.86. The molecule has 0 unspecified atom stereocenters. The van der Waals surface area contributed by atoms with Crippen molar-refractivity contribution in [3.63, 3.8) is 0 Å². The molecule has 13 heavy (non-hydrogen) atoms. The predicted molar refractivity (Wildman–Crippen MR) is 40.3 cm³/mol. The summed E-state index contributed by atoms with van der Waals surface area (Å²) in [6.07, 6.45) is -1.85. The normalized spacial score (nSPS) is 11.6. The minimum atomic E-state index is -4.00. The molecule has 0 saturated heterocycles. The maximum absolute atomic E-state index is 10.8. The van der Waals surface area contributed by atoms with Crippen molar-refractivity contribution in [3.8, 4) is 0 Å². The van der Waals surface area contributed by atoms with Crippen LogP contribution < -0.4 is 44.1 Å². The summed E-state index contributed by atoms with van der Waals surface area (Å²) in [7, 11) is -4.00. The van der Waals surface area contributed by atoms with Crippen LogP contribution >= 0.6 is 0 Å². The first kappa shape index (κ1) is 15.6. The van der Waals surface area contributed by atoms with Crippen LogP contribution in [0.25, 0.3) is 0 Å². The minimum Gasteiger partial charge on any atom is -0.529 e. The number of nitrogens with one attached hydrogen (secondary N) is 2. The molecule has 1 amide bonds. The average molecular weight is 218 g/mol. The summed E-state index contributed by atoms with van der Waals surface area (Å²) in [5.41, 5.74) is -0.721. The van der Waals surface area contributed by atoms with Gasteiger partial charge in [0.05, 0.1) is 0 Å². The van der Waals surface area contributed by atoms with Gasteiger partial charge in [-0.2, -0.15) is 13.1 Å². The Kier molecular flexibility index (Phi) is 6.21. The van der Waals surface area contributed by atoms with E-state index in [-0.39, 0.29) is 29.6 Å². The van der Waals surface area contributed by atoms with Crippen molar-refractivity contribution < 1.29 is 47.9 Å². The van der Waals surface area contributed by atoms with Gasteiger partial charge >= 0.3 is 39.8 Å². The Morgan fingerprint density at radius 3 is 1.92 bits per heavy atom. The van der Waals surface area contributed by atoms with Crippen molar-refractivity contribution in [1.29, 1.82) is 0 Å². The molecular weight excluding hydrogens is 207 g/mol. The summed E-state index contributed by atoms with van der Waals surface area (Å²) in [6, 6.07) is 0. The molecule has 0 radical (unpaired) electrons. The van der Waals surface area contributed by atoms with E-state index >= 15 is 0 Å². The van der Waals surface area contributed by atoms with Gasteiger partial charge in [-0.25, -0.2) is 0 Å². The van der Waals surface area contributed by atoms with E-state index in [9.17, 15) is 18.3 Å². The first-order chi connectivity index (χ1) is 5.12. The second-order valence-corrected chi connectivity index (χ2v) is 4.66. The zero-order valence-electron chi connectivity index (χ0n) is 8.04. The summed E-state index contributed by atoms with van der Waals surface area (Å²) in [5.74, 6) is 0. The third-order valence-electron chi connectivity index (χ3n) is 0.658. The summed E-state index contributed by atoms with van der Waals surface area (Å²) in [6.45, 7) is 4.75. The molecule has 0 aliphatic rings. The molecule has 0 aromatic rings. The molecule has 0 fully saturated rings. The van der Waals surface area contributed by atoms with E-state index < -0.39 is 21.8 Å². The van der Waals surface area contributed by atoms with Crippen LogP contribution in [0.15, 0.2) is 0 Å². The van der Waals surface area contributed by atoms with Gasteiger partial charge in [-0.05, 0) is 20.8 Å². The maximum Gasteiger partial charge on any atom is 1.00 e. The summed E-state index contributed by atoms with van der Waals surface area (Å²) in [4.78, 5) is 9.86. The largest absolute Gasteiger partial charge is 1.00 e. The third kappa shape index (κ3) is 10.1. The Balaban J connectivity index is 0. The van der Waals surface area contributed by atoms with Gasteiger partial charge in [-0.15, -0.1) is 0 Å². The van der Waals surface area contributed by atoms with Crippen molar-refractivity contribution in [1.82, 2.24) is 9.44 Å². The molecule has 0 aliphatic heterocycles. The van der Waals surface area contributed by atoms with Crippen molar-refractivity contribution in [2.24, 2.45) is 0 Å². The van der Waals surface area contributed by atoms with E-state index in [0.717, 1.165) is 0 Å². The molecule has 6 nitrogen and oxygen atoms in total. The second-order valence-electron chi connectivity index (χ2n) is 3.25. The molecule has 0 aromatic carbocycles. The van der Waals surface area contributed by atoms with Crippen LogP contribution in [0.2, 0.25) is 0 Å². The molecule has 2 N–H and O–H groups in total. The predicted octanol–water partition coefficient (Wildman–Crippen LogP) is -4.44. The topological polar surface area (TPSA) is 98.3 Å². The van der Waals surface area contributed by atoms with Gasteiger partial charge in [-0.1, -0.05) is 0 Å². The van der Waals surface area contributed by atoms with Gasteiger partial charge in [0.2, 0.25) is 0 Å². The quantitative estimate of drug-likeness (QED) is 0.457. The first-order valence-corrected chi connectivity index (χ1v) is 4.63. The number of carboxylic acid groups (broad SMARTS) is 1. The zero-order chi connectivity index (χ0) is 9.99. The molecule has 0 rings (SSSR count). The van der Waals surface area contributed by atoms with E-state index in [1.54, 1.807) is 20.8 Å². The van der Waals surface area contributed by atoms with E-state index in [1.165, 1.54) is 4.72 Å².